The molecule has 0 aromatic carbocycles. The lowest BCUT2D eigenvalue weighted by atomic mass is 9.84. The molecular formula is C15H31NO4. The Balaban J connectivity index is 2.07. The smallest absolute Gasteiger partial charge is 0.0701 e. The molecule has 1 fully saturated rings. The summed E-state index contributed by atoms with van der Waals surface area (Å²) in [6.45, 7) is 10.4. The van der Waals surface area contributed by atoms with Gasteiger partial charge in [0, 0.05) is 38.3 Å². The molecule has 0 aliphatic carbocycles. The van der Waals surface area contributed by atoms with Crippen LogP contribution in [-0.4, -0.2) is 65.9 Å². The van der Waals surface area contributed by atoms with E-state index in [1.54, 1.807) is 7.11 Å². The minimum absolute atomic E-state index is 0.251. The van der Waals surface area contributed by atoms with E-state index in [0.29, 0.717) is 32.5 Å². The molecule has 1 heterocycles. The summed E-state index contributed by atoms with van der Waals surface area (Å²) >= 11 is 0. The SMILES string of the molecule is COCCOCCOCCC1(CNC(C)C)CCOC1. The van der Waals surface area contributed by atoms with Crippen molar-refractivity contribution in [2.45, 2.75) is 32.7 Å². The molecule has 20 heavy (non-hydrogen) atoms. The molecule has 120 valence electrons. The molecule has 1 unspecified atom stereocenters. The second-order valence-corrected chi connectivity index (χ2v) is 5.81. The summed E-state index contributed by atoms with van der Waals surface area (Å²) in [6.07, 6.45) is 2.17. The largest absolute Gasteiger partial charge is 0.382 e. The second kappa shape index (κ2) is 10.5. The number of hydrogen-bond acceptors (Lipinski definition) is 5. The number of ether oxygens (including phenoxy) is 4. The third kappa shape index (κ3) is 7.55. The van der Waals surface area contributed by atoms with Crippen LogP contribution in [0.1, 0.15) is 26.7 Å². The highest BCUT2D eigenvalue weighted by Gasteiger charge is 2.34. The third-order valence-electron chi connectivity index (χ3n) is 3.65. The number of methoxy groups -OCH3 is 1. The van der Waals surface area contributed by atoms with Gasteiger partial charge in [-0.2, -0.15) is 0 Å². The van der Waals surface area contributed by atoms with E-state index in [1.807, 2.05) is 0 Å². The van der Waals surface area contributed by atoms with Crippen molar-refractivity contribution in [3.63, 3.8) is 0 Å². The Morgan fingerprint density at radius 1 is 1.10 bits per heavy atom. The Morgan fingerprint density at radius 2 is 1.80 bits per heavy atom. The fourth-order valence-electron chi connectivity index (χ4n) is 2.25. The van der Waals surface area contributed by atoms with Crippen LogP contribution >= 0.6 is 0 Å². The van der Waals surface area contributed by atoms with Gasteiger partial charge in [-0.15, -0.1) is 0 Å². The van der Waals surface area contributed by atoms with Crippen molar-refractivity contribution in [2.24, 2.45) is 5.41 Å². The van der Waals surface area contributed by atoms with Gasteiger partial charge in [-0.3, -0.25) is 0 Å². The molecule has 0 aromatic rings. The average molecular weight is 289 g/mol. The van der Waals surface area contributed by atoms with Crippen molar-refractivity contribution in [3.8, 4) is 0 Å². The van der Waals surface area contributed by atoms with E-state index in [2.05, 4.69) is 19.2 Å². The quantitative estimate of drug-likeness (QED) is 0.551. The second-order valence-electron chi connectivity index (χ2n) is 5.81. The first-order chi connectivity index (χ1) is 9.68. The van der Waals surface area contributed by atoms with E-state index in [1.165, 1.54) is 0 Å². The van der Waals surface area contributed by atoms with E-state index < -0.39 is 0 Å². The van der Waals surface area contributed by atoms with Crippen LogP contribution in [0.2, 0.25) is 0 Å². The zero-order valence-electron chi connectivity index (χ0n) is 13.3. The molecule has 1 aliphatic heterocycles. The highest BCUT2D eigenvalue weighted by molar-refractivity contribution is 4.85. The maximum absolute atomic E-state index is 5.66. The number of rotatable bonds is 12. The lowest BCUT2D eigenvalue weighted by molar-refractivity contribution is 0.0150. The first kappa shape index (κ1) is 17.9. The van der Waals surface area contributed by atoms with Crippen molar-refractivity contribution in [1.29, 1.82) is 0 Å². The molecule has 1 rings (SSSR count). The first-order valence-electron chi connectivity index (χ1n) is 7.64. The van der Waals surface area contributed by atoms with Gasteiger partial charge < -0.3 is 24.3 Å². The van der Waals surface area contributed by atoms with Gasteiger partial charge in [-0.1, -0.05) is 13.8 Å². The van der Waals surface area contributed by atoms with Gasteiger partial charge in [-0.05, 0) is 12.8 Å². The number of nitrogens with one attached hydrogen (secondary N) is 1. The maximum atomic E-state index is 5.66. The van der Waals surface area contributed by atoms with E-state index in [-0.39, 0.29) is 5.41 Å². The van der Waals surface area contributed by atoms with Crippen LogP contribution in [0.15, 0.2) is 0 Å². The highest BCUT2D eigenvalue weighted by atomic mass is 16.5. The first-order valence-corrected chi connectivity index (χ1v) is 7.64. The summed E-state index contributed by atoms with van der Waals surface area (Å²) in [6, 6.07) is 0.516. The molecule has 0 bridgehead atoms. The van der Waals surface area contributed by atoms with Crippen LogP contribution < -0.4 is 5.32 Å². The molecule has 0 aromatic heterocycles. The maximum Gasteiger partial charge on any atom is 0.0701 e. The fraction of sp³-hybridized carbons (Fsp3) is 1.00. The average Bonchev–Trinajstić information content (AvgIpc) is 2.89. The van der Waals surface area contributed by atoms with Crippen LogP contribution in [0.4, 0.5) is 0 Å². The molecule has 1 aliphatic rings. The predicted octanol–water partition coefficient (Wildman–Crippen LogP) is 1.46. The molecule has 0 spiro atoms. The molecule has 1 saturated heterocycles. The summed E-state index contributed by atoms with van der Waals surface area (Å²) < 4.78 is 21.5. The van der Waals surface area contributed by atoms with Crippen LogP contribution in [0.5, 0.6) is 0 Å². The van der Waals surface area contributed by atoms with E-state index in [0.717, 1.165) is 39.2 Å². The molecule has 0 radical (unpaired) electrons. The van der Waals surface area contributed by atoms with E-state index in [9.17, 15) is 0 Å². The topological polar surface area (TPSA) is 49.0 Å². The van der Waals surface area contributed by atoms with Crippen LogP contribution in [0.3, 0.4) is 0 Å². The zero-order valence-corrected chi connectivity index (χ0v) is 13.3. The summed E-state index contributed by atoms with van der Waals surface area (Å²) in [4.78, 5) is 0. The van der Waals surface area contributed by atoms with Crippen molar-refractivity contribution in [2.75, 3.05) is 59.9 Å². The predicted molar refractivity (Wildman–Crippen MR) is 79.1 cm³/mol. The van der Waals surface area contributed by atoms with Gasteiger partial charge in [0.2, 0.25) is 0 Å². The van der Waals surface area contributed by atoms with Crippen LogP contribution in [0, 0.1) is 5.41 Å². The molecular weight excluding hydrogens is 258 g/mol. The highest BCUT2D eigenvalue weighted by Crippen LogP contribution is 2.31. The monoisotopic (exact) mass is 289 g/mol. The Morgan fingerprint density at radius 3 is 2.40 bits per heavy atom. The number of hydrogen-bond donors (Lipinski definition) is 1. The van der Waals surface area contributed by atoms with Gasteiger partial charge in [0.05, 0.1) is 33.0 Å². The lowest BCUT2D eigenvalue weighted by Gasteiger charge is -2.28. The third-order valence-corrected chi connectivity index (χ3v) is 3.65. The van der Waals surface area contributed by atoms with Crippen molar-refractivity contribution < 1.29 is 18.9 Å². The lowest BCUT2D eigenvalue weighted by Crippen LogP contribution is -2.39. The van der Waals surface area contributed by atoms with Gasteiger partial charge in [0.15, 0.2) is 0 Å². The van der Waals surface area contributed by atoms with Crippen LogP contribution in [0.25, 0.3) is 0 Å². The molecule has 0 saturated carbocycles. The van der Waals surface area contributed by atoms with Crippen molar-refractivity contribution >= 4 is 0 Å². The van der Waals surface area contributed by atoms with E-state index >= 15 is 0 Å². The van der Waals surface area contributed by atoms with Gasteiger partial charge in [0.1, 0.15) is 0 Å². The normalized spacial score (nSPS) is 22.8. The molecule has 1 N–H and O–H groups in total. The van der Waals surface area contributed by atoms with Crippen molar-refractivity contribution in [1.82, 2.24) is 5.32 Å². The minimum Gasteiger partial charge on any atom is -0.382 e. The zero-order chi connectivity index (χ0) is 14.7. The molecule has 1 atom stereocenters. The molecule has 5 heteroatoms. The summed E-state index contributed by atoms with van der Waals surface area (Å²) in [5.41, 5.74) is 0.251. The minimum atomic E-state index is 0.251. The standard InChI is InChI=1S/C15H31NO4/c1-14(2)16-12-15(5-7-20-13-15)4-6-18-10-11-19-9-8-17-3/h14,16H,4-13H2,1-3H3. The summed E-state index contributed by atoms with van der Waals surface area (Å²) in [5.74, 6) is 0. The van der Waals surface area contributed by atoms with Gasteiger partial charge in [0.25, 0.3) is 0 Å². The van der Waals surface area contributed by atoms with E-state index in [4.69, 9.17) is 18.9 Å². The van der Waals surface area contributed by atoms with Crippen molar-refractivity contribution in [3.05, 3.63) is 0 Å². The Labute approximate surface area is 123 Å². The fourth-order valence-corrected chi connectivity index (χ4v) is 2.25. The van der Waals surface area contributed by atoms with Gasteiger partial charge >= 0.3 is 0 Å². The Kier molecular flexibility index (Phi) is 9.39. The summed E-state index contributed by atoms with van der Waals surface area (Å²) in [7, 11) is 1.67. The summed E-state index contributed by atoms with van der Waals surface area (Å²) in [5, 5.41) is 3.53. The molecule has 0 amide bonds. The molecule has 5 nitrogen and oxygen atoms in total. The van der Waals surface area contributed by atoms with Gasteiger partial charge in [-0.25, -0.2) is 0 Å². The Bertz CT molecular complexity index is 230. The van der Waals surface area contributed by atoms with Crippen LogP contribution in [-0.2, 0) is 18.9 Å². The Hall–Kier alpha value is -0.200.